The third-order valence-electron chi connectivity index (χ3n) is 6.75. The Bertz CT molecular complexity index is 841. The Hall–Kier alpha value is -2.44. The van der Waals surface area contributed by atoms with Crippen LogP contribution in [0.15, 0.2) is 23.8 Å². The molecular formula is C24H32O7. The van der Waals surface area contributed by atoms with Crippen LogP contribution >= 0.6 is 0 Å². The van der Waals surface area contributed by atoms with Crippen LogP contribution in [-0.4, -0.2) is 41.5 Å². The van der Waals surface area contributed by atoms with E-state index in [0.717, 1.165) is 12.8 Å². The van der Waals surface area contributed by atoms with Gasteiger partial charge in [0.2, 0.25) is 5.78 Å². The number of fused-ring (bicyclic) bond motifs is 2. The largest absolute Gasteiger partial charge is 0.462 e. The summed E-state index contributed by atoms with van der Waals surface area (Å²) in [4.78, 5) is 50.0. The number of esters is 3. The number of hydrogen-bond acceptors (Lipinski definition) is 7. The summed E-state index contributed by atoms with van der Waals surface area (Å²) in [7, 11) is 0. The van der Waals surface area contributed by atoms with E-state index in [4.69, 9.17) is 14.2 Å². The lowest BCUT2D eigenvalue weighted by molar-refractivity contribution is -0.182. The molecule has 0 bridgehead atoms. The van der Waals surface area contributed by atoms with E-state index < -0.39 is 41.6 Å². The number of carbonyl (C=O) groups is 4. The molecule has 7 atom stereocenters. The van der Waals surface area contributed by atoms with Gasteiger partial charge in [-0.25, -0.2) is 0 Å². The van der Waals surface area contributed by atoms with E-state index in [1.165, 1.54) is 20.8 Å². The smallest absolute Gasteiger partial charge is 0.303 e. The first-order valence-corrected chi connectivity index (χ1v) is 10.9. The lowest BCUT2D eigenvalue weighted by Gasteiger charge is -2.39. The Morgan fingerprint density at radius 3 is 2.32 bits per heavy atom. The lowest BCUT2D eigenvalue weighted by atomic mass is 9.76. The molecule has 0 N–H and O–H groups in total. The summed E-state index contributed by atoms with van der Waals surface area (Å²) >= 11 is 0. The third kappa shape index (κ3) is 4.60. The standard InChI is InChI=1S/C24H32O7/c1-12-7-8-18-10-19(18)9-13(2)23(28)24(31-17(6)27)11-14(3)22(30-16(5)26)20(24)21(12)29-15(4)25/h9,14,18-22H,1,7-8,10-11H2,2-6H3/b13-9+/t14-,18-,19+,20+,21+,22+,24-/m1/s1. The molecule has 3 aliphatic carbocycles. The summed E-state index contributed by atoms with van der Waals surface area (Å²) in [5.41, 5.74) is -0.450. The molecule has 0 aromatic heterocycles. The molecule has 0 radical (unpaired) electrons. The van der Waals surface area contributed by atoms with Crippen molar-refractivity contribution in [3.63, 3.8) is 0 Å². The van der Waals surface area contributed by atoms with Gasteiger partial charge in [-0.15, -0.1) is 0 Å². The minimum absolute atomic E-state index is 0.165. The molecule has 3 aliphatic rings. The van der Waals surface area contributed by atoms with Crippen LogP contribution in [-0.2, 0) is 33.4 Å². The maximum absolute atomic E-state index is 13.8. The topological polar surface area (TPSA) is 96.0 Å². The Kier molecular flexibility index (Phi) is 6.44. The molecule has 0 heterocycles. The summed E-state index contributed by atoms with van der Waals surface area (Å²) in [5.74, 6) is -2.42. The van der Waals surface area contributed by atoms with Crippen LogP contribution in [0.4, 0.5) is 0 Å². The first-order valence-electron chi connectivity index (χ1n) is 10.9. The Balaban J connectivity index is 2.21. The monoisotopic (exact) mass is 432 g/mol. The van der Waals surface area contributed by atoms with E-state index in [1.54, 1.807) is 6.92 Å². The van der Waals surface area contributed by atoms with Crippen molar-refractivity contribution in [3.05, 3.63) is 23.8 Å². The van der Waals surface area contributed by atoms with Crippen molar-refractivity contribution in [1.82, 2.24) is 0 Å². The number of allylic oxidation sites excluding steroid dienone is 1. The van der Waals surface area contributed by atoms with Crippen LogP contribution in [0.2, 0.25) is 0 Å². The molecule has 3 rings (SSSR count). The van der Waals surface area contributed by atoms with Gasteiger partial charge >= 0.3 is 17.9 Å². The highest BCUT2D eigenvalue weighted by molar-refractivity contribution is 6.03. The second-order valence-corrected chi connectivity index (χ2v) is 9.33. The zero-order chi connectivity index (χ0) is 23.1. The molecular weight excluding hydrogens is 400 g/mol. The van der Waals surface area contributed by atoms with Crippen LogP contribution < -0.4 is 0 Å². The van der Waals surface area contributed by atoms with Gasteiger partial charge in [0, 0.05) is 27.2 Å². The number of ether oxygens (including phenoxy) is 3. The first kappa shape index (κ1) is 23.2. The van der Waals surface area contributed by atoms with Crippen LogP contribution in [0.3, 0.4) is 0 Å². The number of carbonyl (C=O) groups excluding carboxylic acids is 4. The molecule has 2 fully saturated rings. The molecule has 0 saturated heterocycles. The summed E-state index contributed by atoms with van der Waals surface area (Å²) < 4.78 is 17.1. The maximum atomic E-state index is 13.8. The molecule has 0 aromatic carbocycles. The molecule has 0 amide bonds. The zero-order valence-corrected chi connectivity index (χ0v) is 18.9. The van der Waals surface area contributed by atoms with Crippen molar-refractivity contribution in [1.29, 1.82) is 0 Å². The minimum Gasteiger partial charge on any atom is -0.462 e. The van der Waals surface area contributed by atoms with Gasteiger partial charge in [-0.05, 0) is 55.1 Å². The second kappa shape index (κ2) is 8.60. The van der Waals surface area contributed by atoms with Crippen LogP contribution in [0.25, 0.3) is 0 Å². The number of rotatable bonds is 3. The van der Waals surface area contributed by atoms with E-state index in [2.05, 4.69) is 6.58 Å². The Morgan fingerprint density at radius 1 is 1.10 bits per heavy atom. The summed E-state index contributed by atoms with van der Waals surface area (Å²) in [6.07, 6.45) is 2.90. The average Bonchev–Trinajstić information content (AvgIpc) is 3.33. The molecule has 0 aliphatic heterocycles. The van der Waals surface area contributed by atoms with Crippen molar-refractivity contribution in [3.8, 4) is 0 Å². The van der Waals surface area contributed by atoms with Gasteiger partial charge in [0.25, 0.3) is 0 Å². The normalized spacial score (nSPS) is 39.2. The van der Waals surface area contributed by atoms with Crippen molar-refractivity contribution in [2.45, 2.75) is 78.1 Å². The molecule has 0 aromatic rings. The Morgan fingerprint density at radius 2 is 1.74 bits per heavy atom. The fourth-order valence-corrected chi connectivity index (χ4v) is 5.44. The maximum Gasteiger partial charge on any atom is 0.303 e. The van der Waals surface area contributed by atoms with E-state index >= 15 is 0 Å². The highest BCUT2D eigenvalue weighted by Gasteiger charge is 2.64. The number of Topliss-reactive ketones (excluding diaryl/α,β-unsaturated/α-hetero) is 1. The van der Waals surface area contributed by atoms with E-state index in [-0.39, 0.29) is 18.1 Å². The van der Waals surface area contributed by atoms with Crippen LogP contribution in [0, 0.1) is 23.7 Å². The van der Waals surface area contributed by atoms with E-state index in [1.807, 2.05) is 13.0 Å². The van der Waals surface area contributed by atoms with E-state index in [0.29, 0.717) is 29.4 Å². The number of hydrogen-bond donors (Lipinski definition) is 0. The fraction of sp³-hybridized carbons (Fsp3) is 0.667. The predicted molar refractivity (Wildman–Crippen MR) is 112 cm³/mol. The first-order chi connectivity index (χ1) is 14.5. The lowest BCUT2D eigenvalue weighted by Crippen LogP contribution is -2.55. The van der Waals surface area contributed by atoms with Crippen molar-refractivity contribution >= 4 is 23.7 Å². The SMILES string of the molecule is C=C1CC[C@@H]2C[C@@H]2/C=C(\C)C(=O)[C@@]2(OC(C)=O)C[C@@H](C)[C@H](OC(C)=O)[C@@H]2[C@H]1OC(C)=O. The quantitative estimate of drug-likeness (QED) is 0.383. The van der Waals surface area contributed by atoms with Gasteiger partial charge < -0.3 is 14.2 Å². The van der Waals surface area contributed by atoms with Gasteiger partial charge in [0.1, 0.15) is 12.2 Å². The van der Waals surface area contributed by atoms with Crippen molar-refractivity contribution in [2.24, 2.45) is 23.7 Å². The average molecular weight is 433 g/mol. The van der Waals surface area contributed by atoms with E-state index in [9.17, 15) is 19.2 Å². The van der Waals surface area contributed by atoms with Gasteiger partial charge in [0.15, 0.2) is 5.60 Å². The van der Waals surface area contributed by atoms with Gasteiger partial charge in [-0.1, -0.05) is 19.6 Å². The van der Waals surface area contributed by atoms with Gasteiger partial charge in [-0.3, -0.25) is 19.2 Å². The van der Waals surface area contributed by atoms with Crippen molar-refractivity contribution < 1.29 is 33.4 Å². The van der Waals surface area contributed by atoms with Crippen LogP contribution in [0.1, 0.15) is 60.3 Å². The molecule has 170 valence electrons. The molecule has 0 unspecified atom stereocenters. The number of ketones is 1. The predicted octanol–water partition coefficient (Wildman–Crippen LogP) is 3.31. The highest BCUT2D eigenvalue weighted by atomic mass is 16.6. The summed E-state index contributed by atoms with van der Waals surface area (Å²) in [6, 6.07) is 0. The fourth-order valence-electron chi connectivity index (χ4n) is 5.44. The van der Waals surface area contributed by atoms with Gasteiger partial charge in [0.05, 0.1) is 5.92 Å². The van der Waals surface area contributed by atoms with Crippen molar-refractivity contribution in [2.75, 3.05) is 0 Å². The second-order valence-electron chi connectivity index (χ2n) is 9.33. The Labute approximate surface area is 183 Å². The molecule has 2 saturated carbocycles. The molecule has 0 spiro atoms. The molecule has 31 heavy (non-hydrogen) atoms. The van der Waals surface area contributed by atoms with Gasteiger partial charge in [-0.2, -0.15) is 0 Å². The third-order valence-corrected chi connectivity index (χ3v) is 6.75. The summed E-state index contributed by atoms with van der Waals surface area (Å²) in [6.45, 7) is 11.6. The zero-order valence-electron chi connectivity index (χ0n) is 18.9. The molecule has 7 nitrogen and oxygen atoms in total. The molecule has 7 heteroatoms. The summed E-state index contributed by atoms with van der Waals surface area (Å²) in [5, 5.41) is 0. The highest BCUT2D eigenvalue weighted by Crippen LogP contribution is 2.52. The minimum atomic E-state index is -1.61. The van der Waals surface area contributed by atoms with Crippen LogP contribution in [0.5, 0.6) is 0 Å².